The summed E-state index contributed by atoms with van der Waals surface area (Å²) in [5.41, 5.74) is 1.84. The number of H-pyrrole nitrogens is 1. The van der Waals surface area contributed by atoms with E-state index in [1.807, 2.05) is 0 Å². The van der Waals surface area contributed by atoms with Crippen molar-refractivity contribution < 1.29 is 8.42 Å². The van der Waals surface area contributed by atoms with Crippen LogP contribution in [0.5, 0.6) is 0 Å². The van der Waals surface area contributed by atoms with Crippen LogP contribution in [0.25, 0.3) is 11.2 Å². The average molecular weight is 226 g/mol. The number of hydrogen-bond acceptors (Lipinski definition) is 4. The Bertz CT molecular complexity index is 602. The predicted octanol–water partition coefficient (Wildman–Crippen LogP) is 0.0548. The molecule has 0 saturated heterocycles. The van der Waals surface area contributed by atoms with Crippen LogP contribution in [0.15, 0.2) is 12.3 Å². The van der Waals surface area contributed by atoms with Crippen LogP contribution in [0.3, 0.4) is 0 Å². The number of nitrogens with one attached hydrogen (secondary N) is 1. The van der Waals surface area contributed by atoms with Gasteiger partial charge in [0, 0.05) is 6.20 Å². The highest BCUT2D eigenvalue weighted by molar-refractivity contribution is 7.88. The first kappa shape index (κ1) is 10.1. The first-order valence-electron chi connectivity index (χ1n) is 4.26. The Hall–Kier alpha value is -1.47. The Morgan fingerprint density at radius 1 is 1.53 bits per heavy atom. The lowest BCUT2D eigenvalue weighted by Crippen LogP contribution is -2.14. The molecule has 0 radical (unpaired) electrons. The van der Waals surface area contributed by atoms with E-state index in [0.717, 1.165) is 5.82 Å². The van der Waals surface area contributed by atoms with Gasteiger partial charge in [-0.05, 0) is 18.6 Å². The molecule has 3 N–H and O–H groups in total. The van der Waals surface area contributed by atoms with Gasteiger partial charge in [0.05, 0.1) is 11.3 Å². The van der Waals surface area contributed by atoms with E-state index in [1.165, 1.54) is 6.20 Å². The predicted molar refractivity (Wildman–Crippen MR) is 55.4 cm³/mol. The van der Waals surface area contributed by atoms with E-state index in [4.69, 9.17) is 5.14 Å². The van der Waals surface area contributed by atoms with Crippen molar-refractivity contribution in [2.45, 2.75) is 12.7 Å². The summed E-state index contributed by atoms with van der Waals surface area (Å²) in [7, 11) is -3.51. The molecule has 2 heterocycles. The van der Waals surface area contributed by atoms with Crippen LogP contribution >= 0.6 is 0 Å². The summed E-state index contributed by atoms with van der Waals surface area (Å²) in [6.07, 6.45) is 1.47. The SMILES string of the molecule is Cc1nc2ncc(CS(N)(=O)=O)cc2[nH]1. The van der Waals surface area contributed by atoms with Gasteiger partial charge in [-0.15, -0.1) is 0 Å². The van der Waals surface area contributed by atoms with Crippen molar-refractivity contribution in [3.63, 3.8) is 0 Å². The summed E-state index contributed by atoms with van der Waals surface area (Å²) >= 11 is 0. The molecule has 2 aromatic heterocycles. The second-order valence-electron chi connectivity index (χ2n) is 3.34. The number of rotatable bonds is 2. The molecule has 0 fully saturated rings. The fourth-order valence-corrected chi connectivity index (χ4v) is 2.00. The molecular weight excluding hydrogens is 216 g/mol. The topological polar surface area (TPSA) is 102 Å². The molecule has 0 unspecified atom stereocenters. The number of primary sulfonamides is 1. The normalized spacial score (nSPS) is 12.1. The van der Waals surface area contributed by atoms with Gasteiger partial charge in [0.2, 0.25) is 10.0 Å². The third kappa shape index (κ3) is 2.31. The maximum atomic E-state index is 10.9. The zero-order valence-corrected chi connectivity index (χ0v) is 8.87. The van der Waals surface area contributed by atoms with E-state index in [2.05, 4.69) is 15.0 Å². The number of hydrogen-bond donors (Lipinski definition) is 2. The smallest absolute Gasteiger partial charge is 0.213 e. The summed E-state index contributed by atoms with van der Waals surface area (Å²) < 4.78 is 21.7. The summed E-state index contributed by atoms with van der Waals surface area (Å²) in [5.74, 6) is 0.527. The lowest BCUT2D eigenvalue weighted by Gasteiger charge is -1.97. The molecule has 6 nitrogen and oxygen atoms in total. The van der Waals surface area contributed by atoms with Gasteiger partial charge < -0.3 is 4.98 Å². The third-order valence-electron chi connectivity index (χ3n) is 1.88. The van der Waals surface area contributed by atoms with Crippen molar-refractivity contribution in [1.82, 2.24) is 15.0 Å². The molecule has 2 aromatic rings. The Kier molecular flexibility index (Phi) is 2.20. The lowest BCUT2D eigenvalue weighted by molar-refractivity contribution is 0.597. The molecule has 0 spiro atoms. The standard InChI is InChI=1S/C8H10N4O2S/c1-5-11-7-2-6(4-15(9,13)14)3-10-8(7)12-5/h2-3H,4H2,1H3,(H2,9,13,14)(H,10,11,12). The van der Waals surface area contributed by atoms with Gasteiger partial charge in [0.1, 0.15) is 5.82 Å². The average Bonchev–Trinajstić information content (AvgIpc) is 2.40. The lowest BCUT2D eigenvalue weighted by atomic mass is 10.3. The Morgan fingerprint density at radius 2 is 2.27 bits per heavy atom. The van der Waals surface area contributed by atoms with E-state index in [-0.39, 0.29) is 5.75 Å². The summed E-state index contributed by atoms with van der Waals surface area (Å²) in [5, 5.41) is 4.94. The fourth-order valence-electron chi connectivity index (χ4n) is 1.37. The largest absolute Gasteiger partial charge is 0.341 e. The van der Waals surface area contributed by atoms with E-state index >= 15 is 0 Å². The Labute approximate surface area is 86.6 Å². The summed E-state index contributed by atoms with van der Waals surface area (Å²) in [6, 6.07) is 1.69. The monoisotopic (exact) mass is 226 g/mol. The van der Waals surface area contributed by atoms with Gasteiger partial charge in [0.25, 0.3) is 0 Å². The highest BCUT2D eigenvalue weighted by atomic mass is 32.2. The number of aromatic nitrogens is 3. The van der Waals surface area contributed by atoms with Crippen LogP contribution in [0.1, 0.15) is 11.4 Å². The van der Waals surface area contributed by atoms with Gasteiger partial charge in [0.15, 0.2) is 5.65 Å². The van der Waals surface area contributed by atoms with Crippen LogP contribution < -0.4 is 5.14 Å². The first-order chi connectivity index (χ1) is 6.94. The number of sulfonamides is 1. The number of fused-ring (bicyclic) bond motifs is 1. The molecular formula is C8H10N4O2S. The number of nitrogens with two attached hydrogens (primary N) is 1. The number of aryl methyl sites for hydroxylation is 1. The fraction of sp³-hybridized carbons (Fsp3) is 0.250. The second-order valence-corrected chi connectivity index (χ2v) is 4.96. The molecule has 0 atom stereocenters. The first-order valence-corrected chi connectivity index (χ1v) is 5.97. The van der Waals surface area contributed by atoms with Crippen molar-refractivity contribution in [1.29, 1.82) is 0 Å². The zero-order chi connectivity index (χ0) is 11.1. The van der Waals surface area contributed by atoms with Gasteiger partial charge in [-0.3, -0.25) is 0 Å². The molecule has 80 valence electrons. The zero-order valence-electron chi connectivity index (χ0n) is 8.06. The molecule has 0 bridgehead atoms. The molecule has 0 aromatic carbocycles. The van der Waals surface area contributed by atoms with Crippen molar-refractivity contribution in [2.24, 2.45) is 5.14 Å². The van der Waals surface area contributed by atoms with Crippen LogP contribution in [-0.2, 0) is 15.8 Å². The van der Waals surface area contributed by atoms with E-state index in [1.54, 1.807) is 13.0 Å². The highest BCUT2D eigenvalue weighted by Crippen LogP contribution is 2.11. The number of imidazole rings is 1. The Balaban J connectivity index is 2.47. The summed E-state index contributed by atoms with van der Waals surface area (Å²) in [6.45, 7) is 1.81. The molecule has 2 rings (SSSR count). The van der Waals surface area contributed by atoms with Crippen molar-refractivity contribution >= 4 is 21.2 Å². The van der Waals surface area contributed by atoms with Gasteiger partial charge in [-0.25, -0.2) is 23.5 Å². The quantitative estimate of drug-likeness (QED) is 0.755. The van der Waals surface area contributed by atoms with Gasteiger partial charge in [-0.2, -0.15) is 0 Å². The van der Waals surface area contributed by atoms with Crippen LogP contribution in [0, 0.1) is 6.92 Å². The maximum Gasteiger partial charge on any atom is 0.213 e. The minimum atomic E-state index is -3.51. The highest BCUT2D eigenvalue weighted by Gasteiger charge is 2.07. The Morgan fingerprint density at radius 3 is 2.93 bits per heavy atom. The van der Waals surface area contributed by atoms with E-state index in [9.17, 15) is 8.42 Å². The number of nitrogens with zero attached hydrogens (tertiary/aromatic N) is 2. The third-order valence-corrected chi connectivity index (χ3v) is 2.62. The van der Waals surface area contributed by atoms with Crippen LogP contribution in [-0.4, -0.2) is 23.4 Å². The molecule has 0 amide bonds. The summed E-state index contributed by atoms with van der Waals surface area (Å²) in [4.78, 5) is 11.1. The molecule has 0 aliphatic rings. The van der Waals surface area contributed by atoms with Crippen molar-refractivity contribution in [2.75, 3.05) is 0 Å². The minimum Gasteiger partial charge on any atom is -0.341 e. The van der Waals surface area contributed by atoms with Gasteiger partial charge in [-0.1, -0.05) is 0 Å². The second kappa shape index (κ2) is 3.28. The van der Waals surface area contributed by atoms with Crippen LogP contribution in [0.2, 0.25) is 0 Å². The van der Waals surface area contributed by atoms with Crippen molar-refractivity contribution in [3.05, 3.63) is 23.7 Å². The van der Waals surface area contributed by atoms with E-state index in [0.29, 0.717) is 16.7 Å². The molecule has 0 aliphatic heterocycles. The number of aromatic amines is 1. The van der Waals surface area contributed by atoms with E-state index < -0.39 is 10.0 Å². The number of pyridine rings is 1. The minimum absolute atomic E-state index is 0.214. The van der Waals surface area contributed by atoms with Gasteiger partial charge >= 0.3 is 0 Å². The maximum absolute atomic E-state index is 10.9. The van der Waals surface area contributed by atoms with Crippen LogP contribution in [0.4, 0.5) is 0 Å². The molecule has 15 heavy (non-hydrogen) atoms. The molecule has 0 aliphatic carbocycles. The molecule has 7 heteroatoms. The van der Waals surface area contributed by atoms with Crippen molar-refractivity contribution in [3.8, 4) is 0 Å². The molecule has 0 saturated carbocycles.